The largest absolute Gasteiger partial charge is 0.455 e. The molecule has 0 spiro atoms. The van der Waals surface area contributed by atoms with Crippen LogP contribution in [0, 0.1) is 0 Å². The molecule has 0 unspecified atom stereocenters. The van der Waals surface area contributed by atoms with Gasteiger partial charge < -0.3 is 15.0 Å². The lowest BCUT2D eigenvalue weighted by atomic mass is 9.88. The molecule has 0 fully saturated rings. The molecule has 1 N–H and O–H groups in total. The van der Waals surface area contributed by atoms with E-state index >= 15 is 0 Å². The van der Waals surface area contributed by atoms with Crippen LogP contribution in [0.4, 0.5) is 0 Å². The van der Waals surface area contributed by atoms with Gasteiger partial charge in [-0.2, -0.15) is 0 Å². The Kier molecular flexibility index (Phi) is 4.41. The first-order chi connectivity index (χ1) is 12.7. The third kappa shape index (κ3) is 3.07. The summed E-state index contributed by atoms with van der Waals surface area (Å²) in [6.45, 7) is 8.07. The van der Waals surface area contributed by atoms with E-state index in [1.807, 2.05) is 0 Å². The van der Waals surface area contributed by atoms with Crippen LogP contribution in [-0.4, -0.2) is 36.2 Å². The first-order valence-corrected chi connectivity index (χ1v) is 9.17. The van der Waals surface area contributed by atoms with E-state index in [9.17, 15) is 0 Å². The molecule has 0 bridgehead atoms. The minimum atomic E-state index is -0.332. The van der Waals surface area contributed by atoms with Crippen LogP contribution in [0.15, 0.2) is 72.4 Å². The smallest absolute Gasteiger partial charge is 0.288 e. The molecule has 4 rings (SSSR count). The zero-order valence-corrected chi connectivity index (χ0v) is 15.2. The number of hydrogen-bond donors (Lipinski definition) is 1. The van der Waals surface area contributed by atoms with Crippen LogP contribution in [0.25, 0.3) is 0 Å². The zero-order valence-electron chi connectivity index (χ0n) is 15.2. The van der Waals surface area contributed by atoms with Gasteiger partial charge in [-0.3, -0.25) is 0 Å². The Morgan fingerprint density at radius 1 is 1.23 bits per heavy atom. The molecule has 2 aliphatic rings. The Balaban J connectivity index is 1.67. The highest BCUT2D eigenvalue weighted by Crippen LogP contribution is 2.37. The fourth-order valence-corrected chi connectivity index (χ4v) is 3.82. The van der Waals surface area contributed by atoms with Gasteiger partial charge in [-0.05, 0) is 36.2 Å². The average molecular weight is 347 g/mol. The molecular formula is C22H25N3O. The zero-order chi connectivity index (χ0) is 18.0. The van der Waals surface area contributed by atoms with Crippen molar-refractivity contribution in [1.29, 1.82) is 0 Å². The molecule has 0 aromatic heterocycles. The van der Waals surface area contributed by atoms with Crippen molar-refractivity contribution in [3.8, 4) is 0 Å². The minimum absolute atomic E-state index is 0.134. The van der Waals surface area contributed by atoms with Gasteiger partial charge in [-0.15, -0.1) is 0 Å². The van der Waals surface area contributed by atoms with Crippen molar-refractivity contribution in [3.05, 3.63) is 84.1 Å². The van der Waals surface area contributed by atoms with Gasteiger partial charge in [0, 0.05) is 6.54 Å². The van der Waals surface area contributed by atoms with Crippen molar-refractivity contribution in [2.24, 2.45) is 4.99 Å². The third-order valence-electron chi connectivity index (χ3n) is 5.15. The lowest BCUT2D eigenvalue weighted by Crippen LogP contribution is -2.45. The number of amidine groups is 1. The molecule has 2 aromatic carbocycles. The Morgan fingerprint density at radius 3 is 2.81 bits per heavy atom. The summed E-state index contributed by atoms with van der Waals surface area (Å²) in [4.78, 5) is 7.08. The fourth-order valence-electron chi connectivity index (χ4n) is 3.82. The Bertz CT molecular complexity index is 817. The molecule has 2 aliphatic heterocycles. The molecule has 2 heterocycles. The van der Waals surface area contributed by atoms with Crippen molar-refractivity contribution in [2.45, 2.75) is 25.0 Å². The molecule has 0 aliphatic carbocycles. The molecule has 0 radical (unpaired) electrons. The van der Waals surface area contributed by atoms with E-state index in [2.05, 4.69) is 78.3 Å². The first-order valence-electron chi connectivity index (χ1n) is 9.17. The van der Waals surface area contributed by atoms with Crippen molar-refractivity contribution < 1.29 is 4.74 Å². The summed E-state index contributed by atoms with van der Waals surface area (Å²) in [7, 11) is 0. The van der Waals surface area contributed by atoms with Crippen molar-refractivity contribution in [2.75, 3.05) is 19.6 Å². The third-order valence-corrected chi connectivity index (χ3v) is 5.15. The second-order valence-electron chi connectivity index (χ2n) is 7.19. The van der Waals surface area contributed by atoms with Gasteiger partial charge in [-0.1, -0.05) is 61.2 Å². The molecular weight excluding hydrogens is 322 g/mol. The van der Waals surface area contributed by atoms with Gasteiger partial charge in [0.2, 0.25) is 0 Å². The second-order valence-corrected chi connectivity index (χ2v) is 7.19. The highest BCUT2D eigenvalue weighted by molar-refractivity contribution is 5.77. The van der Waals surface area contributed by atoms with Crippen LogP contribution in [0.3, 0.4) is 0 Å². The summed E-state index contributed by atoms with van der Waals surface area (Å²) >= 11 is 0. The number of hydrogen-bond acceptors (Lipinski definition) is 4. The van der Waals surface area contributed by atoms with Crippen LogP contribution < -0.4 is 5.32 Å². The molecule has 134 valence electrons. The van der Waals surface area contributed by atoms with Gasteiger partial charge in [0.25, 0.3) is 6.02 Å². The predicted molar refractivity (Wildman–Crippen MR) is 105 cm³/mol. The predicted octanol–water partition coefficient (Wildman–Crippen LogP) is 3.51. The highest BCUT2D eigenvalue weighted by atomic mass is 16.5. The van der Waals surface area contributed by atoms with E-state index < -0.39 is 0 Å². The lowest BCUT2D eigenvalue weighted by molar-refractivity contribution is 0.0826. The Hall–Kier alpha value is -2.75. The lowest BCUT2D eigenvalue weighted by Gasteiger charge is -2.39. The van der Waals surface area contributed by atoms with Crippen LogP contribution in [0.5, 0.6) is 0 Å². The molecule has 4 heteroatoms. The van der Waals surface area contributed by atoms with Crippen molar-refractivity contribution in [3.63, 3.8) is 0 Å². The van der Waals surface area contributed by atoms with Crippen LogP contribution in [0.2, 0.25) is 0 Å². The highest BCUT2D eigenvalue weighted by Gasteiger charge is 2.39. The first kappa shape index (κ1) is 16.7. The summed E-state index contributed by atoms with van der Waals surface area (Å²) in [5.41, 5.74) is 3.69. The summed E-state index contributed by atoms with van der Waals surface area (Å²) in [6, 6.07) is 20.2. The van der Waals surface area contributed by atoms with Gasteiger partial charge in [0.05, 0.1) is 19.1 Å². The average Bonchev–Trinajstić information content (AvgIpc) is 3.08. The number of fused-ring (bicyclic) bond motifs is 1. The van der Waals surface area contributed by atoms with E-state index in [0.29, 0.717) is 13.1 Å². The monoisotopic (exact) mass is 347 g/mol. The topological polar surface area (TPSA) is 36.9 Å². The summed E-state index contributed by atoms with van der Waals surface area (Å²) in [5.74, 6) is 0. The molecule has 2 atom stereocenters. The molecule has 0 amide bonds. The van der Waals surface area contributed by atoms with E-state index in [-0.39, 0.29) is 11.6 Å². The number of nitrogens with zero attached hydrogens (tertiary/aromatic N) is 2. The number of benzene rings is 2. The Morgan fingerprint density at radius 2 is 2.00 bits per heavy atom. The molecule has 0 saturated carbocycles. The van der Waals surface area contributed by atoms with Crippen LogP contribution >= 0.6 is 0 Å². The van der Waals surface area contributed by atoms with Crippen molar-refractivity contribution >= 4 is 6.02 Å². The number of rotatable bonds is 4. The van der Waals surface area contributed by atoms with Crippen LogP contribution in [0.1, 0.15) is 29.7 Å². The standard InChI is InChI=1S/C22H25N3O/c1-3-23-15-22(2)16-24-21(26-22)25-14-13-17-9-7-8-12-19(17)20(25)18-10-5-4-6-11-18/h3-12,20,23H,1,13-16H2,2H3/t20-,22-/m0/s1. The van der Waals surface area contributed by atoms with Gasteiger partial charge in [-0.25, -0.2) is 4.99 Å². The Labute approximate surface area is 155 Å². The number of nitrogens with one attached hydrogen (secondary N) is 1. The maximum absolute atomic E-state index is 6.32. The van der Waals surface area contributed by atoms with Gasteiger partial charge in [0.15, 0.2) is 0 Å². The van der Waals surface area contributed by atoms with Crippen molar-refractivity contribution in [1.82, 2.24) is 10.2 Å². The quantitative estimate of drug-likeness (QED) is 0.919. The summed E-state index contributed by atoms with van der Waals surface area (Å²) in [5, 5.41) is 3.16. The van der Waals surface area contributed by atoms with Crippen LogP contribution in [-0.2, 0) is 11.2 Å². The molecule has 4 nitrogen and oxygen atoms in total. The maximum atomic E-state index is 6.32. The second kappa shape index (κ2) is 6.87. The van der Waals surface area contributed by atoms with E-state index in [1.54, 1.807) is 6.20 Å². The molecule has 2 aromatic rings. The van der Waals surface area contributed by atoms with Gasteiger partial charge >= 0.3 is 0 Å². The van der Waals surface area contributed by atoms with E-state index in [4.69, 9.17) is 9.73 Å². The van der Waals surface area contributed by atoms with E-state index in [1.165, 1.54) is 16.7 Å². The fraction of sp³-hybridized carbons (Fsp3) is 0.318. The van der Waals surface area contributed by atoms with Gasteiger partial charge in [0.1, 0.15) is 5.60 Å². The minimum Gasteiger partial charge on any atom is -0.455 e. The molecule has 26 heavy (non-hydrogen) atoms. The number of aliphatic imine (C=N–C) groups is 1. The summed E-state index contributed by atoms with van der Waals surface area (Å²) < 4.78 is 6.32. The maximum Gasteiger partial charge on any atom is 0.288 e. The summed E-state index contributed by atoms with van der Waals surface area (Å²) in [6.07, 6.45) is 2.71. The van der Waals surface area contributed by atoms with E-state index in [0.717, 1.165) is 19.0 Å². The normalized spacial score (nSPS) is 24.4. The number of ether oxygens (including phenoxy) is 1. The SMILES string of the molecule is C=CNC[C@@]1(C)CN=C(N2CCc3ccccc3[C@@H]2c2ccccc2)O1. The molecule has 0 saturated heterocycles.